The zero-order valence-electron chi connectivity index (χ0n) is 17.9. The number of anilines is 1. The summed E-state index contributed by atoms with van der Waals surface area (Å²) in [5.41, 5.74) is 3.14. The second-order valence-electron chi connectivity index (χ2n) is 7.97. The Hall–Kier alpha value is -3.19. The summed E-state index contributed by atoms with van der Waals surface area (Å²) in [7, 11) is 0. The lowest BCUT2D eigenvalue weighted by Crippen LogP contribution is -2.56. The normalized spacial score (nSPS) is 19.5. The molecule has 2 N–H and O–H groups in total. The Bertz CT molecular complexity index is 951. The van der Waals surface area contributed by atoms with Gasteiger partial charge in [0.25, 0.3) is 0 Å². The number of benzene rings is 2. The van der Waals surface area contributed by atoms with E-state index in [4.69, 9.17) is 0 Å². The fourth-order valence-electron chi connectivity index (χ4n) is 4.01. The molecule has 2 amide bonds. The van der Waals surface area contributed by atoms with Crippen LogP contribution in [-0.4, -0.2) is 59.8 Å². The molecule has 2 aliphatic rings. The minimum Gasteiger partial charge on any atom is -0.340 e. The number of amides is 2. The van der Waals surface area contributed by atoms with Crippen molar-refractivity contribution in [3.63, 3.8) is 0 Å². The summed E-state index contributed by atoms with van der Waals surface area (Å²) < 4.78 is 0. The highest BCUT2D eigenvalue weighted by atomic mass is 16.2. The smallest absolute Gasteiger partial charge is 0.249 e. The number of nitrogens with zero attached hydrogens (tertiary/aromatic N) is 3. The minimum atomic E-state index is -0.712. The van der Waals surface area contributed by atoms with Crippen LogP contribution in [0.4, 0.5) is 5.69 Å². The number of carbonyl (C=O) groups is 2. The zero-order chi connectivity index (χ0) is 21.6. The number of hydrogen-bond donors (Lipinski definition) is 2. The molecule has 1 fully saturated rings. The van der Waals surface area contributed by atoms with Gasteiger partial charge in [-0.15, -0.1) is 0 Å². The average molecular weight is 420 g/mol. The van der Waals surface area contributed by atoms with Crippen LogP contribution in [0.5, 0.6) is 0 Å². The molecule has 0 unspecified atom stereocenters. The topological polar surface area (TPSA) is 77.0 Å². The average Bonchev–Trinajstić information content (AvgIpc) is 2.80. The Morgan fingerprint density at radius 1 is 1.06 bits per heavy atom. The highest BCUT2D eigenvalue weighted by Crippen LogP contribution is 2.18. The number of nitrogens with one attached hydrogen (secondary N) is 2. The van der Waals surface area contributed by atoms with Crippen molar-refractivity contribution >= 4 is 23.5 Å². The fourth-order valence-corrected chi connectivity index (χ4v) is 4.01. The second kappa shape index (κ2) is 9.75. The van der Waals surface area contributed by atoms with Crippen molar-refractivity contribution in [2.45, 2.75) is 32.4 Å². The third-order valence-corrected chi connectivity index (χ3v) is 5.79. The lowest BCUT2D eigenvalue weighted by atomic mass is 10.1. The number of guanidine groups is 1. The Morgan fingerprint density at radius 3 is 2.52 bits per heavy atom. The van der Waals surface area contributed by atoms with Crippen LogP contribution in [0.1, 0.15) is 24.5 Å². The summed E-state index contributed by atoms with van der Waals surface area (Å²) in [5.74, 6) is 0.108. The molecule has 0 spiro atoms. The molecule has 2 aliphatic heterocycles. The predicted molar refractivity (Wildman–Crippen MR) is 122 cm³/mol. The molecule has 7 heteroatoms. The lowest BCUT2D eigenvalue weighted by Gasteiger charge is -2.37. The lowest BCUT2D eigenvalue weighted by molar-refractivity contribution is -0.125. The van der Waals surface area contributed by atoms with E-state index in [2.05, 4.69) is 49.7 Å². The second-order valence-corrected chi connectivity index (χ2v) is 7.97. The Kier molecular flexibility index (Phi) is 6.62. The van der Waals surface area contributed by atoms with Crippen molar-refractivity contribution in [1.29, 1.82) is 0 Å². The number of carbonyl (C=O) groups excluding carboxylic acids is 2. The van der Waals surface area contributed by atoms with Gasteiger partial charge in [0, 0.05) is 38.4 Å². The zero-order valence-corrected chi connectivity index (χ0v) is 17.9. The van der Waals surface area contributed by atoms with Crippen LogP contribution < -0.4 is 10.6 Å². The van der Waals surface area contributed by atoms with Gasteiger partial charge in [-0.2, -0.15) is 0 Å². The summed E-state index contributed by atoms with van der Waals surface area (Å²) in [5, 5.41) is 5.82. The number of aliphatic imine (C=N–C) groups is 1. The third kappa shape index (κ3) is 5.30. The van der Waals surface area contributed by atoms with Crippen molar-refractivity contribution < 1.29 is 9.59 Å². The third-order valence-electron chi connectivity index (χ3n) is 5.79. The van der Waals surface area contributed by atoms with Gasteiger partial charge in [0.2, 0.25) is 17.8 Å². The van der Waals surface area contributed by atoms with E-state index in [1.54, 1.807) is 0 Å². The van der Waals surface area contributed by atoms with Crippen LogP contribution in [0.25, 0.3) is 0 Å². The molecule has 2 aromatic carbocycles. The van der Waals surface area contributed by atoms with Gasteiger partial charge < -0.3 is 10.2 Å². The van der Waals surface area contributed by atoms with Gasteiger partial charge in [0.15, 0.2) is 0 Å². The van der Waals surface area contributed by atoms with Gasteiger partial charge >= 0.3 is 0 Å². The van der Waals surface area contributed by atoms with E-state index in [0.717, 1.165) is 50.4 Å². The quantitative estimate of drug-likeness (QED) is 0.779. The Morgan fingerprint density at radius 2 is 1.77 bits per heavy atom. The molecule has 2 heterocycles. The van der Waals surface area contributed by atoms with E-state index in [1.165, 1.54) is 5.56 Å². The molecule has 2 aromatic rings. The maximum atomic E-state index is 12.8. The molecule has 0 radical (unpaired) electrons. The van der Waals surface area contributed by atoms with Gasteiger partial charge in [0.05, 0.1) is 6.42 Å². The molecule has 4 rings (SSSR count). The van der Waals surface area contributed by atoms with E-state index in [0.29, 0.717) is 5.96 Å². The molecule has 0 saturated carbocycles. The van der Waals surface area contributed by atoms with Crippen molar-refractivity contribution in [3.8, 4) is 0 Å². The van der Waals surface area contributed by atoms with E-state index in [-0.39, 0.29) is 18.2 Å². The van der Waals surface area contributed by atoms with Crippen molar-refractivity contribution in [3.05, 3.63) is 65.7 Å². The van der Waals surface area contributed by atoms with E-state index < -0.39 is 6.04 Å². The highest BCUT2D eigenvalue weighted by Gasteiger charge is 2.30. The number of para-hydroxylation sites is 1. The summed E-state index contributed by atoms with van der Waals surface area (Å²) in [6, 6.07) is 17.4. The summed E-state index contributed by atoms with van der Waals surface area (Å²) in [4.78, 5) is 34.2. The first-order valence-electron chi connectivity index (χ1n) is 10.9. The van der Waals surface area contributed by atoms with E-state index >= 15 is 0 Å². The van der Waals surface area contributed by atoms with Gasteiger partial charge in [-0.25, -0.2) is 4.99 Å². The molecule has 31 heavy (non-hydrogen) atoms. The summed E-state index contributed by atoms with van der Waals surface area (Å²) in [6.07, 6.45) is 0.890. The first-order valence-corrected chi connectivity index (χ1v) is 10.9. The fraction of sp³-hybridized carbons (Fsp3) is 0.375. The van der Waals surface area contributed by atoms with Crippen LogP contribution >= 0.6 is 0 Å². The van der Waals surface area contributed by atoms with Crippen LogP contribution in [0.15, 0.2) is 59.6 Å². The first kappa shape index (κ1) is 21.1. The summed E-state index contributed by atoms with van der Waals surface area (Å²) >= 11 is 0. The number of rotatable bonds is 5. The minimum absolute atomic E-state index is 0.0671. The van der Waals surface area contributed by atoms with Gasteiger partial charge in [-0.05, 0) is 23.6 Å². The molecule has 0 aliphatic carbocycles. The monoisotopic (exact) mass is 419 g/mol. The van der Waals surface area contributed by atoms with Crippen LogP contribution in [-0.2, 0) is 22.6 Å². The maximum Gasteiger partial charge on any atom is 0.249 e. The van der Waals surface area contributed by atoms with Crippen molar-refractivity contribution in [1.82, 2.24) is 15.1 Å². The molecule has 162 valence electrons. The number of piperazine rings is 1. The molecule has 0 bridgehead atoms. The van der Waals surface area contributed by atoms with Gasteiger partial charge in [-0.3, -0.25) is 19.8 Å². The van der Waals surface area contributed by atoms with Crippen molar-refractivity contribution in [2.24, 2.45) is 4.99 Å². The number of aryl methyl sites for hydroxylation is 1. The molecule has 0 aromatic heterocycles. The number of hydrogen-bond acceptors (Lipinski definition) is 5. The SMILES string of the molecule is CCc1ccccc1NC(=O)[C@H]1CC(=O)NC(N2CCN(Cc3ccccc3)CC2)=N1. The largest absolute Gasteiger partial charge is 0.340 e. The predicted octanol–water partition coefficient (Wildman–Crippen LogP) is 2.25. The highest BCUT2D eigenvalue weighted by molar-refractivity contribution is 6.06. The van der Waals surface area contributed by atoms with Gasteiger partial charge in [-0.1, -0.05) is 55.5 Å². The first-order chi connectivity index (χ1) is 15.1. The standard InChI is InChI=1S/C24H29N5O2/c1-2-19-10-6-7-11-20(19)25-23(31)21-16-22(30)27-24(26-21)29-14-12-28(13-15-29)17-18-8-4-3-5-9-18/h3-11,21H,2,12-17H2,1H3,(H,25,31)(H,26,27,30)/t21-/m1/s1. The molecular formula is C24H29N5O2. The van der Waals surface area contributed by atoms with Crippen molar-refractivity contribution in [2.75, 3.05) is 31.5 Å². The molecule has 1 saturated heterocycles. The molecule has 1 atom stereocenters. The Balaban J connectivity index is 1.38. The summed E-state index contributed by atoms with van der Waals surface area (Å²) in [6.45, 7) is 6.25. The van der Waals surface area contributed by atoms with Crippen LogP contribution in [0, 0.1) is 0 Å². The Labute approximate surface area is 183 Å². The molecular weight excluding hydrogens is 390 g/mol. The maximum absolute atomic E-state index is 12.8. The van der Waals surface area contributed by atoms with E-state index in [1.807, 2.05) is 37.3 Å². The van der Waals surface area contributed by atoms with Crippen LogP contribution in [0.2, 0.25) is 0 Å². The van der Waals surface area contributed by atoms with Crippen LogP contribution in [0.3, 0.4) is 0 Å². The molecule has 7 nitrogen and oxygen atoms in total. The van der Waals surface area contributed by atoms with E-state index in [9.17, 15) is 9.59 Å². The van der Waals surface area contributed by atoms with Gasteiger partial charge in [0.1, 0.15) is 6.04 Å².